The SMILES string of the molecule is O=C(Nc1ccc(Nc2ccc(OCc3ccccc3)cc2)nn1)c1ccco1. The Kier molecular flexibility index (Phi) is 5.48. The molecule has 0 spiro atoms. The average Bonchev–Trinajstić information content (AvgIpc) is 3.31. The minimum Gasteiger partial charge on any atom is -0.489 e. The van der Waals surface area contributed by atoms with E-state index < -0.39 is 0 Å². The van der Waals surface area contributed by atoms with E-state index in [1.54, 1.807) is 24.3 Å². The van der Waals surface area contributed by atoms with Crippen molar-refractivity contribution in [2.24, 2.45) is 0 Å². The summed E-state index contributed by atoms with van der Waals surface area (Å²) in [6, 6.07) is 24.2. The van der Waals surface area contributed by atoms with Crippen molar-refractivity contribution in [3.05, 3.63) is 96.4 Å². The molecule has 0 saturated heterocycles. The van der Waals surface area contributed by atoms with Gasteiger partial charge in [0.2, 0.25) is 0 Å². The molecule has 29 heavy (non-hydrogen) atoms. The van der Waals surface area contributed by atoms with Crippen molar-refractivity contribution in [1.82, 2.24) is 10.2 Å². The normalized spacial score (nSPS) is 10.3. The lowest BCUT2D eigenvalue weighted by molar-refractivity contribution is 0.0996. The van der Waals surface area contributed by atoms with Gasteiger partial charge in [-0.05, 0) is 54.1 Å². The van der Waals surface area contributed by atoms with Crippen molar-refractivity contribution < 1.29 is 13.9 Å². The van der Waals surface area contributed by atoms with Gasteiger partial charge >= 0.3 is 0 Å². The van der Waals surface area contributed by atoms with Gasteiger partial charge in [-0.2, -0.15) is 0 Å². The van der Waals surface area contributed by atoms with Crippen LogP contribution in [0.2, 0.25) is 0 Å². The van der Waals surface area contributed by atoms with Gasteiger partial charge in [-0.15, -0.1) is 10.2 Å². The lowest BCUT2D eigenvalue weighted by Crippen LogP contribution is -2.12. The molecule has 7 nitrogen and oxygen atoms in total. The first-order valence-corrected chi connectivity index (χ1v) is 8.99. The summed E-state index contributed by atoms with van der Waals surface area (Å²) in [7, 11) is 0. The predicted molar refractivity (Wildman–Crippen MR) is 109 cm³/mol. The van der Waals surface area contributed by atoms with E-state index in [-0.39, 0.29) is 11.7 Å². The fraction of sp³-hybridized carbons (Fsp3) is 0.0455. The van der Waals surface area contributed by atoms with E-state index >= 15 is 0 Å². The van der Waals surface area contributed by atoms with Gasteiger partial charge in [0.1, 0.15) is 12.4 Å². The lowest BCUT2D eigenvalue weighted by Gasteiger charge is -2.09. The molecule has 4 aromatic rings. The molecule has 0 unspecified atom stereocenters. The molecule has 4 rings (SSSR count). The molecule has 144 valence electrons. The number of nitrogens with one attached hydrogen (secondary N) is 2. The Morgan fingerprint density at radius 1 is 0.862 bits per heavy atom. The highest BCUT2D eigenvalue weighted by atomic mass is 16.5. The number of benzene rings is 2. The molecule has 0 saturated carbocycles. The van der Waals surface area contributed by atoms with E-state index in [1.165, 1.54) is 6.26 Å². The third-order valence-corrected chi connectivity index (χ3v) is 4.03. The third kappa shape index (κ3) is 4.98. The largest absolute Gasteiger partial charge is 0.489 e. The van der Waals surface area contributed by atoms with Gasteiger partial charge in [-0.3, -0.25) is 4.79 Å². The van der Waals surface area contributed by atoms with Crippen molar-refractivity contribution in [3.8, 4) is 5.75 Å². The van der Waals surface area contributed by atoms with Crippen LogP contribution < -0.4 is 15.4 Å². The van der Waals surface area contributed by atoms with Crippen molar-refractivity contribution in [3.63, 3.8) is 0 Å². The van der Waals surface area contributed by atoms with E-state index in [0.29, 0.717) is 18.2 Å². The topological polar surface area (TPSA) is 89.3 Å². The molecule has 0 atom stereocenters. The number of hydrogen-bond donors (Lipinski definition) is 2. The summed E-state index contributed by atoms with van der Waals surface area (Å²) in [4.78, 5) is 11.9. The van der Waals surface area contributed by atoms with Crippen LogP contribution in [0.15, 0.2) is 89.5 Å². The Hall–Kier alpha value is -4.13. The molecule has 7 heteroatoms. The highest BCUT2D eigenvalue weighted by Crippen LogP contribution is 2.20. The predicted octanol–water partition coefficient (Wildman–Crippen LogP) is 4.64. The summed E-state index contributed by atoms with van der Waals surface area (Å²) in [6.07, 6.45) is 1.44. The maximum absolute atomic E-state index is 11.9. The molecule has 2 heterocycles. The average molecular weight is 386 g/mol. The Balaban J connectivity index is 1.31. The number of aromatic nitrogens is 2. The summed E-state index contributed by atoms with van der Waals surface area (Å²) in [5.74, 6) is 1.50. The Bertz CT molecular complexity index is 1050. The molecule has 0 radical (unpaired) electrons. The van der Waals surface area contributed by atoms with Gasteiger partial charge in [-0.1, -0.05) is 30.3 Å². The molecule has 2 N–H and O–H groups in total. The van der Waals surface area contributed by atoms with Gasteiger partial charge < -0.3 is 19.8 Å². The lowest BCUT2D eigenvalue weighted by atomic mass is 10.2. The number of carbonyl (C=O) groups excluding carboxylic acids is 1. The highest BCUT2D eigenvalue weighted by molar-refractivity contribution is 6.01. The number of furan rings is 1. The van der Waals surface area contributed by atoms with Crippen LogP contribution in [0.3, 0.4) is 0 Å². The van der Waals surface area contributed by atoms with E-state index in [9.17, 15) is 4.79 Å². The van der Waals surface area contributed by atoms with Crippen LogP contribution >= 0.6 is 0 Å². The summed E-state index contributed by atoms with van der Waals surface area (Å²) in [5.41, 5.74) is 1.96. The smallest absolute Gasteiger partial charge is 0.292 e. The van der Waals surface area contributed by atoms with Crippen LogP contribution in [0.1, 0.15) is 16.1 Å². The Morgan fingerprint density at radius 2 is 1.62 bits per heavy atom. The summed E-state index contributed by atoms with van der Waals surface area (Å²) < 4.78 is 10.8. The van der Waals surface area contributed by atoms with Crippen molar-refractivity contribution >= 4 is 23.2 Å². The summed E-state index contributed by atoms with van der Waals surface area (Å²) >= 11 is 0. The number of anilines is 3. The van der Waals surface area contributed by atoms with E-state index in [2.05, 4.69) is 20.8 Å². The first-order chi connectivity index (χ1) is 14.3. The maximum Gasteiger partial charge on any atom is 0.292 e. The molecule has 0 bridgehead atoms. The summed E-state index contributed by atoms with van der Waals surface area (Å²) in [5, 5.41) is 13.8. The van der Waals surface area contributed by atoms with Crippen LogP contribution in [0.5, 0.6) is 5.75 Å². The van der Waals surface area contributed by atoms with Crippen LogP contribution in [0.25, 0.3) is 0 Å². The molecule has 1 amide bonds. The van der Waals surface area contributed by atoms with Crippen LogP contribution in [0, 0.1) is 0 Å². The van der Waals surface area contributed by atoms with E-state index in [0.717, 1.165) is 17.0 Å². The maximum atomic E-state index is 11.9. The molecule has 0 aliphatic rings. The first kappa shape index (κ1) is 18.2. The number of nitrogens with zero attached hydrogens (tertiary/aromatic N) is 2. The second kappa shape index (κ2) is 8.71. The van der Waals surface area contributed by atoms with E-state index in [4.69, 9.17) is 9.15 Å². The van der Waals surface area contributed by atoms with Crippen LogP contribution in [-0.2, 0) is 6.61 Å². The number of rotatable bonds is 7. The monoisotopic (exact) mass is 386 g/mol. The second-order valence-corrected chi connectivity index (χ2v) is 6.16. The minimum atomic E-state index is -0.379. The van der Waals surface area contributed by atoms with Gasteiger partial charge in [0.05, 0.1) is 6.26 Å². The Morgan fingerprint density at radius 3 is 2.31 bits per heavy atom. The zero-order chi connectivity index (χ0) is 19.9. The molecular weight excluding hydrogens is 368 g/mol. The minimum absolute atomic E-state index is 0.212. The second-order valence-electron chi connectivity index (χ2n) is 6.16. The van der Waals surface area contributed by atoms with E-state index in [1.807, 2.05) is 54.6 Å². The fourth-order valence-corrected chi connectivity index (χ4v) is 2.57. The quantitative estimate of drug-likeness (QED) is 0.481. The van der Waals surface area contributed by atoms with Gasteiger partial charge in [0.25, 0.3) is 5.91 Å². The summed E-state index contributed by atoms with van der Waals surface area (Å²) in [6.45, 7) is 0.518. The van der Waals surface area contributed by atoms with Crippen molar-refractivity contribution in [1.29, 1.82) is 0 Å². The number of ether oxygens (including phenoxy) is 1. The third-order valence-electron chi connectivity index (χ3n) is 4.03. The first-order valence-electron chi connectivity index (χ1n) is 8.99. The van der Waals surface area contributed by atoms with Gasteiger partial charge in [-0.25, -0.2) is 0 Å². The van der Waals surface area contributed by atoms with Crippen molar-refractivity contribution in [2.45, 2.75) is 6.61 Å². The molecule has 2 aromatic carbocycles. The standard InChI is InChI=1S/C22H18N4O3/c27-22(19-7-4-14-28-19)24-21-13-12-20(25-26-21)23-17-8-10-18(11-9-17)29-15-16-5-2-1-3-6-16/h1-14H,15H2,(H,23,25)(H,24,26,27). The van der Waals surface area contributed by atoms with Gasteiger partial charge in [0, 0.05) is 5.69 Å². The molecule has 0 fully saturated rings. The number of amides is 1. The fourth-order valence-electron chi connectivity index (χ4n) is 2.57. The molecular formula is C22H18N4O3. The van der Waals surface area contributed by atoms with Crippen molar-refractivity contribution in [2.75, 3.05) is 10.6 Å². The number of carbonyl (C=O) groups is 1. The number of hydrogen-bond acceptors (Lipinski definition) is 6. The zero-order valence-corrected chi connectivity index (χ0v) is 15.4. The molecule has 0 aliphatic carbocycles. The zero-order valence-electron chi connectivity index (χ0n) is 15.4. The van der Waals surface area contributed by atoms with Crippen LogP contribution in [0.4, 0.5) is 17.3 Å². The Labute approximate surface area is 167 Å². The van der Waals surface area contributed by atoms with Gasteiger partial charge in [0.15, 0.2) is 17.4 Å². The molecule has 0 aliphatic heterocycles. The van der Waals surface area contributed by atoms with Crippen LogP contribution in [-0.4, -0.2) is 16.1 Å². The highest BCUT2D eigenvalue weighted by Gasteiger charge is 2.09. The molecule has 2 aromatic heterocycles.